The molecule has 0 heterocycles. The minimum absolute atomic E-state index is 0.0670. The summed E-state index contributed by atoms with van der Waals surface area (Å²) in [5.74, 6) is 0. The summed E-state index contributed by atoms with van der Waals surface area (Å²) >= 11 is 1.21. The maximum atomic E-state index is 11.2. The minimum Gasteiger partial charge on any atom is -0.287 e. The molecule has 0 radical (unpaired) electrons. The number of carbonyl (C=O) groups excluding carboxylic acids is 1. The van der Waals surface area contributed by atoms with Gasteiger partial charge in [0.25, 0.3) is 0 Å². The van der Waals surface area contributed by atoms with E-state index >= 15 is 0 Å². The summed E-state index contributed by atoms with van der Waals surface area (Å²) in [6.45, 7) is 1.56. The average molecular weight is 255 g/mol. The molecular formula is C15H13NOS. The van der Waals surface area contributed by atoms with Crippen molar-refractivity contribution >= 4 is 28.8 Å². The van der Waals surface area contributed by atoms with Crippen LogP contribution >= 0.6 is 11.8 Å². The van der Waals surface area contributed by atoms with Crippen LogP contribution in [0.15, 0.2) is 64.5 Å². The number of hydrogen-bond donors (Lipinski definition) is 0. The van der Waals surface area contributed by atoms with Crippen molar-refractivity contribution in [2.75, 3.05) is 0 Å². The molecule has 0 atom stereocenters. The van der Waals surface area contributed by atoms with Crippen LogP contribution in [0, 0.1) is 0 Å². The zero-order valence-electron chi connectivity index (χ0n) is 10.0. The summed E-state index contributed by atoms with van der Waals surface area (Å²) in [5.41, 5.74) is 1.86. The van der Waals surface area contributed by atoms with Crippen molar-refractivity contribution in [3.05, 3.63) is 60.2 Å². The monoisotopic (exact) mass is 255 g/mol. The Morgan fingerprint density at radius 1 is 1.06 bits per heavy atom. The highest BCUT2D eigenvalue weighted by atomic mass is 32.2. The first-order valence-electron chi connectivity index (χ1n) is 5.62. The quantitative estimate of drug-likeness (QED) is 0.611. The van der Waals surface area contributed by atoms with Crippen molar-refractivity contribution in [3.63, 3.8) is 0 Å². The van der Waals surface area contributed by atoms with Crippen LogP contribution < -0.4 is 0 Å². The van der Waals surface area contributed by atoms with Crippen molar-refractivity contribution in [2.45, 2.75) is 11.8 Å². The molecule has 3 heteroatoms. The van der Waals surface area contributed by atoms with Crippen LogP contribution in [-0.4, -0.2) is 11.3 Å². The number of rotatable bonds is 3. The second-order valence-electron chi connectivity index (χ2n) is 3.73. The van der Waals surface area contributed by atoms with E-state index in [1.807, 2.05) is 54.6 Å². The number of benzene rings is 2. The molecule has 0 bridgehead atoms. The highest BCUT2D eigenvalue weighted by Gasteiger charge is 2.03. The van der Waals surface area contributed by atoms with Crippen LogP contribution in [0.25, 0.3) is 0 Å². The molecule has 2 nitrogen and oxygen atoms in total. The SMILES string of the molecule is CC(=O)Sc1ccccc1N=Cc1ccccc1. The molecule has 0 aliphatic carbocycles. The third-order valence-electron chi connectivity index (χ3n) is 2.27. The molecule has 0 aromatic heterocycles. The van der Waals surface area contributed by atoms with E-state index in [4.69, 9.17) is 0 Å². The highest BCUT2D eigenvalue weighted by Crippen LogP contribution is 2.29. The van der Waals surface area contributed by atoms with Crippen molar-refractivity contribution < 1.29 is 4.79 Å². The summed E-state index contributed by atoms with van der Waals surface area (Å²) < 4.78 is 0. The van der Waals surface area contributed by atoms with Gasteiger partial charge in [-0.3, -0.25) is 9.79 Å². The Hall–Kier alpha value is -1.87. The molecule has 90 valence electrons. The Kier molecular flexibility index (Phi) is 4.31. The Morgan fingerprint density at radius 3 is 2.44 bits per heavy atom. The van der Waals surface area contributed by atoms with Gasteiger partial charge in [0, 0.05) is 18.0 Å². The first-order chi connectivity index (χ1) is 8.75. The lowest BCUT2D eigenvalue weighted by molar-refractivity contribution is -0.109. The molecule has 0 fully saturated rings. The van der Waals surface area contributed by atoms with Gasteiger partial charge in [-0.1, -0.05) is 42.5 Å². The summed E-state index contributed by atoms with van der Waals surface area (Å²) in [7, 11) is 0. The maximum absolute atomic E-state index is 11.2. The fraction of sp³-hybridized carbons (Fsp3) is 0.0667. The van der Waals surface area contributed by atoms with Gasteiger partial charge >= 0.3 is 0 Å². The lowest BCUT2D eigenvalue weighted by Gasteiger charge is -2.01. The summed E-state index contributed by atoms with van der Waals surface area (Å²) in [6.07, 6.45) is 1.81. The van der Waals surface area contributed by atoms with E-state index in [0.29, 0.717) is 0 Å². The van der Waals surface area contributed by atoms with E-state index in [0.717, 1.165) is 16.1 Å². The Balaban J connectivity index is 2.23. The van der Waals surface area contributed by atoms with Crippen LogP contribution in [0.2, 0.25) is 0 Å². The standard InChI is InChI=1S/C15H13NOS/c1-12(17)18-15-10-6-5-9-14(15)16-11-13-7-3-2-4-8-13/h2-11H,1H3. The molecule has 2 aromatic rings. The zero-order chi connectivity index (χ0) is 12.8. The zero-order valence-corrected chi connectivity index (χ0v) is 10.9. The summed E-state index contributed by atoms with van der Waals surface area (Å²) in [6, 6.07) is 17.5. The molecule has 2 rings (SSSR count). The molecule has 0 spiro atoms. The molecule has 0 saturated carbocycles. The van der Waals surface area contributed by atoms with E-state index in [1.165, 1.54) is 11.8 Å². The fourth-order valence-electron chi connectivity index (χ4n) is 1.49. The van der Waals surface area contributed by atoms with E-state index < -0.39 is 0 Å². The number of hydrogen-bond acceptors (Lipinski definition) is 3. The Bertz CT molecular complexity index is 564. The first-order valence-corrected chi connectivity index (χ1v) is 6.44. The Morgan fingerprint density at radius 2 is 1.72 bits per heavy atom. The van der Waals surface area contributed by atoms with Gasteiger partial charge < -0.3 is 0 Å². The molecule has 2 aromatic carbocycles. The minimum atomic E-state index is 0.0670. The second kappa shape index (κ2) is 6.17. The predicted octanol–water partition coefficient (Wildman–Crippen LogP) is 4.08. The molecular weight excluding hydrogens is 242 g/mol. The van der Waals surface area contributed by atoms with Gasteiger partial charge in [0.15, 0.2) is 5.12 Å². The molecule has 0 amide bonds. The summed E-state index contributed by atoms with van der Waals surface area (Å²) in [5, 5.41) is 0.0670. The molecule has 0 N–H and O–H groups in total. The van der Waals surface area contributed by atoms with Crippen molar-refractivity contribution in [2.24, 2.45) is 4.99 Å². The third kappa shape index (κ3) is 3.57. The van der Waals surface area contributed by atoms with Gasteiger partial charge in [-0.25, -0.2) is 0 Å². The van der Waals surface area contributed by atoms with E-state index in [2.05, 4.69) is 4.99 Å². The van der Waals surface area contributed by atoms with E-state index in [-0.39, 0.29) is 5.12 Å². The van der Waals surface area contributed by atoms with Gasteiger partial charge in [-0.15, -0.1) is 0 Å². The van der Waals surface area contributed by atoms with Crippen LogP contribution in [0.3, 0.4) is 0 Å². The number of carbonyl (C=O) groups is 1. The largest absolute Gasteiger partial charge is 0.287 e. The van der Waals surface area contributed by atoms with Crippen LogP contribution in [-0.2, 0) is 4.79 Å². The van der Waals surface area contributed by atoms with Gasteiger partial charge in [-0.05, 0) is 29.5 Å². The lowest BCUT2D eigenvalue weighted by Crippen LogP contribution is -1.83. The predicted molar refractivity (Wildman–Crippen MR) is 76.7 cm³/mol. The summed E-state index contributed by atoms with van der Waals surface area (Å²) in [4.78, 5) is 16.5. The van der Waals surface area contributed by atoms with Gasteiger partial charge in [0.2, 0.25) is 0 Å². The smallest absolute Gasteiger partial charge is 0.190 e. The van der Waals surface area contributed by atoms with Gasteiger partial charge in [-0.2, -0.15) is 0 Å². The normalized spacial score (nSPS) is 10.7. The van der Waals surface area contributed by atoms with Gasteiger partial charge in [0.05, 0.1) is 5.69 Å². The second-order valence-corrected chi connectivity index (χ2v) is 4.95. The molecule has 0 unspecified atom stereocenters. The van der Waals surface area contributed by atoms with Crippen LogP contribution in [0.1, 0.15) is 12.5 Å². The van der Waals surface area contributed by atoms with E-state index in [9.17, 15) is 4.79 Å². The number of aliphatic imine (C=N–C) groups is 1. The number of nitrogens with zero attached hydrogens (tertiary/aromatic N) is 1. The van der Waals surface area contributed by atoms with Crippen molar-refractivity contribution in [3.8, 4) is 0 Å². The topological polar surface area (TPSA) is 29.4 Å². The van der Waals surface area contributed by atoms with E-state index in [1.54, 1.807) is 13.1 Å². The Labute approximate surface area is 111 Å². The van der Waals surface area contributed by atoms with Gasteiger partial charge in [0.1, 0.15) is 0 Å². The molecule has 0 aliphatic rings. The average Bonchev–Trinajstić information content (AvgIpc) is 2.38. The first kappa shape index (κ1) is 12.6. The number of thioether (sulfide) groups is 1. The van der Waals surface area contributed by atoms with Crippen molar-refractivity contribution in [1.82, 2.24) is 0 Å². The molecule has 18 heavy (non-hydrogen) atoms. The highest BCUT2D eigenvalue weighted by molar-refractivity contribution is 8.13. The number of para-hydroxylation sites is 1. The molecule has 0 aliphatic heterocycles. The van der Waals surface area contributed by atoms with Crippen LogP contribution in [0.5, 0.6) is 0 Å². The van der Waals surface area contributed by atoms with Crippen LogP contribution in [0.4, 0.5) is 5.69 Å². The maximum Gasteiger partial charge on any atom is 0.190 e. The lowest BCUT2D eigenvalue weighted by atomic mass is 10.2. The molecule has 0 saturated heterocycles. The third-order valence-corrected chi connectivity index (χ3v) is 3.12. The fourth-order valence-corrected chi connectivity index (χ4v) is 2.17. The van der Waals surface area contributed by atoms with Crippen molar-refractivity contribution in [1.29, 1.82) is 0 Å².